The molecule has 0 aliphatic heterocycles. The highest BCUT2D eigenvalue weighted by atomic mass is 35.5. The zero-order chi connectivity index (χ0) is 50.6. The first kappa shape index (κ1) is 53.9. The third-order valence-electron chi connectivity index (χ3n) is 7.32. The average Bonchev–Trinajstić information content (AvgIpc) is 3.21. The molecule has 358 valence electrons. The minimum Gasteiger partial charge on any atom is -0.494 e. The van der Waals surface area contributed by atoms with Crippen LogP contribution in [0.4, 0.5) is 47.2 Å². The number of nitrogens with zero attached hydrogens (tertiary/aromatic N) is 3. The van der Waals surface area contributed by atoms with Crippen LogP contribution in [0, 0.1) is 10.1 Å². The first-order chi connectivity index (χ1) is 31.1. The number of nitro groups is 1. The van der Waals surface area contributed by atoms with E-state index < -0.39 is 103 Å². The van der Waals surface area contributed by atoms with Crippen LogP contribution < -0.4 is 29.0 Å². The predicted molar refractivity (Wildman–Crippen MR) is 215 cm³/mol. The van der Waals surface area contributed by atoms with E-state index in [0.29, 0.717) is 12.1 Å². The van der Waals surface area contributed by atoms with Crippen LogP contribution in [-0.2, 0) is 16.2 Å². The summed E-state index contributed by atoms with van der Waals surface area (Å²) in [4.78, 5) is 60.5. The van der Waals surface area contributed by atoms with Crippen molar-refractivity contribution in [3.63, 3.8) is 0 Å². The summed E-state index contributed by atoms with van der Waals surface area (Å²) < 4.78 is 131. The molecule has 5 N–H and O–H groups in total. The lowest BCUT2D eigenvalue weighted by atomic mass is 10.1. The number of nitro benzene ring substituents is 1. The number of urea groups is 1. The maximum absolute atomic E-state index is 12.6. The minimum atomic E-state index is -4.71. The fourth-order valence-electron chi connectivity index (χ4n) is 4.67. The molecule has 1 heterocycles. The van der Waals surface area contributed by atoms with Gasteiger partial charge in [-0.25, -0.2) is 32.3 Å². The number of halogens is 10. The van der Waals surface area contributed by atoms with E-state index in [0.717, 1.165) is 42.5 Å². The highest BCUT2D eigenvalue weighted by molar-refractivity contribution is 7.90. The van der Waals surface area contributed by atoms with Crippen molar-refractivity contribution in [1.29, 1.82) is 0 Å². The van der Waals surface area contributed by atoms with Gasteiger partial charge in [-0.3, -0.25) is 15.4 Å². The van der Waals surface area contributed by atoms with Crippen molar-refractivity contribution < 1.29 is 97.5 Å². The first-order valence-corrected chi connectivity index (χ1v) is 19.5. The van der Waals surface area contributed by atoms with Gasteiger partial charge in [-0.1, -0.05) is 46.9 Å². The van der Waals surface area contributed by atoms with E-state index in [9.17, 15) is 68.4 Å². The van der Waals surface area contributed by atoms with Gasteiger partial charge in [0.2, 0.25) is 17.7 Å². The zero-order valence-electron chi connectivity index (χ0n) is 32.4. The summed E-state index contributed by atoms with van der Waals surface area (Å²) in [6.07, 6.45) is -4.58. The topological polar surface area (TPSA) is 293 Å². The Morgan fingerprint density at radius 2 is 1.33 bits per heavy atom. The number of amides is 2. The van der Waals surface area contributed by atoms with E-state index in [1.54, 1.807) is 5.32 Å². The number of rotatable bonds is 14. The van der Waals surface area contributed by atoms with Crippen molar-refractivity contribution in [3.8, 4) is 29.0 Å². The standard InChI is InChI=1S/C14H7ClF3NO5.C14H10F4N4O7S.C8H6Cl2O3/c15-10-5-7(14(16,17)18)1-4-12(10)24-8-2-3-11(19(22)23)9(6-8)13(20)21;15-11(16)28-8-5-9(29-12(17)18)20-13(19-8)21-14(25)22-30(26,27)7-4-2-1-3-6(7)10(23)24;1-13-7-5(10)3-2-4(9)6(7)8(11)12/h1-6H,(H,20,21);1-5,11-12H,(H,23,24)(H2,19,20,21,22,25);2-3H,1H3,(H,11,12). The minimum absolute atomic E-state index is 0.0849. The van der Waals surface area contributed by atoms with Gasteiger partial charge in [-0.2, -0.15) is 40.7 Å². The average molecular weight is 1040 g/mol. The molecule has 31 heteroatoms. The van der Waals surface area contributed by atoms with Crippen molar-refractivity contribution in [2.24, 2.45) is 0 Å². The normalized spacial score (nSPS) is 10.9. The van der Waals surface area contributed by atoms with Crippen LogP contribution in [0.1, 0.15) is 36.6 Å². The predicted octanol–water partition coefficient (Wildman–Crippen LogP) is 9.35. The first-order valence-electron chi connectivity index (χ1n) is 16.9. The number of carbonyl (C=O) groups is 4. The molecule has 4 aromatic carbocycles. The Labute approximate surface area is 383 Å². The number of ether oxygens (including phenoxy) is 4. The van der Waals surface area contributed by atoms with Gasteiger partial charge in [0.25, 0.3) is 15.7 Å². The van der Waals surface area contributed by atoms with Gasteiger partial charge in [-0.05, 0) is 48.5 Å². The number of carbonyl (C=O) groups excluding carboxylic acids is 1. The number of anilines is 1. The van der Waals surface area contributed by atoms with Gasteiger partial charge < -0.3 is 34.3 Å². The Morgan fingerprint density at radius 1 is 0.761 bits per heavy atom. The van der Waals surface area contributed by atoms with Gasteiger partial charge >= 0.3 is 43.3 Å². The van der Waals surface area contributed by atoms with Crippen LogP contribution in [0.3, 0.4) is 0 Å². The van der Waals surface area contributed by atoms with Gasteiger partial charge in [0.1, 0.15) is 27.5 Å². The summed E-state index contributed by atoms with van der Waals surface area (Å²) in [6, 6.07) is 11.4. The van der Waals surface area contributed by atoms with Crippen molar-refractivity contribution in [3.05, 3.63) is 126 Å². The molecule has 0 radical (unpaired) electrons. The summed E-state index contributed by atoms with van der Waals surface area (Å²) >= 11 is 17.1. The van der Waals surface area contributed by atoms with Crippen LogP contribution in [-0.4, -0.2) is 82.9 Å². The molecule has 0 saturated heterocycles. The number of carboxylic acid groups (broad SMARTS) is 3. The molecule has 0 aliphatic rings. The monoisotopic (exact) mass is 1030 g/mol. The molecular weight excluding hydrogens is 1010 g/mol. The van der Waals surface area contributed by atoms with Crippen molar-refractivity contribution in [2.75, 3.05) is 12.4 Å². The fourth-order valence-corrected chi connectivity index (χ4v) is 6.46. The number of alkyl halides is 7. The number of carboxylic acids is 3. The van der Waals surface area contributed by atoms with Crippen LogP contribution >= 0.6 is 34.8 Å². The molecule has 1 aromatic heterocycles. The number of methoxy groups -OCH3 is 1. The second-order valence-electron chi connectivity index (χ2n) is 11.7. The molecule has 20 nitrogen and oxygen atoms in total. The number of aromatic nitrogens is 2. The highest BCUT2D eigenvalue weighted by Crippen LogP contribution is 2.37. The van der Waals surface area contributed by atoms with E-state index in [1.807, 2.05) is 0 Å². The SMILES string of the molecule is COc1c(Cl)ccc(Cl)c1C(=O)O.O=C(Nc1nc(OC(F)F)cc(OC(F)F)n1)NS(=O)(=O)c1ccccc1C(=O)O.O=C(O)c1cc(Oc2ccc(C(F)(F)F)cc2Cl)ccc1[N+](=O)[O-]. The van der Waals surface area contributed by atoms with E-state index in [2.05, 4.69) is 19.4 Å². The number of nitrogens with one attached hydrogen (secondary N) is 2. The molecule has 0 atom stereocenters. The molecule has 5 aromatic rings. The van der Waals surface area contributed by atoms with E-state index in [-0.39, 0.29) is 37.9 Å². The third kappa shape index (κ3) is 15.6. The van der Waals surface area contributed by atoms with Crippen LogP contribution in [0.5, 0.6) is 29.0 Å². The number of hydrogen-bond acceptors (Lipinski definition) is 14. The molecular formula is C36H23Cl3F7N5O15S. The summed E-state index contributed by atoms with van der Waals surface area (Å²) in [5.41, 5.74) is -3.01. The highest BCUT2D eigenvalue weighted by Gasteiger charge is 2.31. The van der Waals surface area contributed by atoms with Gasteiger partial charge in [0.05, 0.1) is 44.3 Å². The quantitative estimate of drug-likeness (QED) is 0.0393. The second-order valence-corrected chi connectivity index (χ2v) is 14.6. The lowest BCUT2D eigenvalue weighted by Crippen LogP contribution is -2.35. The smallest absolute Gasteiger partial charge is 0.416 e. The fraction of sp³-hybridized carbons (Fsp3) is 0.111. The van der Waals surface area contributed by atoms with Gasteiger partial charge in [0.15, 0.2) is 5.75 Å². The second kappa shape index (κ2) is 23.2. The molecule has 0 fully saturated rings. The van der Waals surface area contributed by atoms with Crippen LogP contribution in [0.15, 0.2) is 83.8 Å². The molecule has 67 heavy (non-hydrogen) atoms. The van der Waals surface area contributed by atoms with E-state index in [1.165, 1.54) is 36.1 Å². The van der Waals surface area contributed by atoms with Crippen molar-refractivity contribution >= 4 is 80.4 Å². The molecule has 0 aliphatic carbocycles. The zero-order valence-corrected chi connectivity index (χ0v) is 35.5. The molecule has 0 bridgehead atoms. The lowest BCUT2D eigenvalue weighted by molar-refractivity contribution is -0.385. The Morgan fingerprint density at radius 3 is 1.81 bits per heavy atom. The number of aromatic carboxylic acids is 3. The van der Waals surface area contributed by atoms with E-state index >= 15 is 0 Å². The summed E-state index contributed by atoms with van der Waals surface area (Å²) in [5, 5.41) is 39.2. The number of sulfonamides is 1. The largest absolute Gasteiger partial charge is 0.494 e. The number of hydrogen-bond donors (Lipinski definition) is 5. The molecule has 2 amide bonds. The van der Waals surface area contributed by atoms with Gasteiger partial charge in [-0.15, -0.1) is 0 Å². The Balaban J connectivity index is 0.000000286. The maximum Gasteiger partial charge on any atom is 0.416 e. The lowest BCUT2D eigenvalue weighted by Gasteiger charge is -2.11. The molecule has 0 saturated carbocycles. The number of benzene rings is 4. The maximum atomic E-state index is 12.6. The molecule has 5 rings (SSSR count). The molecule has 0 spiro atoms. The van der Waals surface area contributed by atoms with Crippen molar-refractivity contribution in [1.82, 2.24) is 14.7 Å². The molecule has 0 unspecified atom stereocenters. The summed E-state index contributed by atoms with van der Waals surface area (Å²) in [6.45, 7) is -6.82. The Hall–Kier alpha value is -7.43. The Bertz CT molecular complexity index is 2770. The van der Waals surface area contributed by atoms with Gasteiger partial charge in [0, 0.05) is 12.1 Å². The van der Waals surface area contributed by atoms with Crippen LogP contribution in [0.25, 0.3) is 0 Å². The van der Waals surface area contributed by atoms with Crippen LogP contribution in [0.2, 0.25) is 15.1 Å². The third-order valence-corrected chi connectivity index (χ3v) is 9.61. The summed E-state index contributed by atoms with van der Waals surface area (Å²) in [5.74, 6) is -7.37. The Kier molecular flexibility index (Phi) is 18.6. The summed E-state index contributed by atoms with van der Waals surface area (Å²) in [7, 11) is -3.38. The van der Waals surface area contributed by atoms with E-state index in [4.69, 9.17) is 59.6 Å². The van der Waals surface area contributed by atoms with Crippen molar-refractivity contribution in [2.45, 2.75) is 24.3 Å².